The van der Waals surface area contributed by atoms with E-state index in [0.29, 0.717) is 0 Å². The molecule has 1 aliphatic rings. The van der Waals surface area contributed by atoms with Gasteiger partial charge in [-0.25, -0.2) is 4.68 Å². The van der Waals surface area contributed by atoms with Crippen molar-refractivity contribution in [3.63, 3.8) is 0 Å². The van der Waals surface area contributed by atoms with Crippen molar-refractivity contribution < 1.29 is 32.9 Å². The first-order valence-electron chi connectivity index (χ1n) is 10.5. The molecule has 0 saturated carbocycles. The Hall–Kier alpha value is -3.59. The lowest BCUT2D eigenvalue weighted by Crippen LogP contribution is -2.36. The number of carbonyl (C=O) groups is 1. The fraction of sp³-hybridized carbons (Fsp3) is 0.524. The number of aliphatic hydroxyl groups is 2. The van der Waals surface area contributed by atoms with E-state index in [4.69, 9.17) is 16.9 Å². The second-order valence-electron chi connectivity index (χ2n) is 6.60. The van der Waals surface area contributed by atoms with E-state index in [-0.39, 0.29) is 29.1 Å². The fourth-order valence-electron chi connectivity index (χ4n) is 2.73. The van der Waals surface area contributed by atoms with Crippen LogP contribution < -0.4 is 16.6 Å². The lowest BCUT2D eigenvalue weighted by molar-refractivity contribution is -0.173. The molecule has 0 aliphatic carbocycles. The molecule has 14 heteroatoms. The number of fused-ring (bicyclic) bond motifs is 1. The number of alkyl halides is 3. The van der Waals surface area contributed by atoms with Gasteiger partial charge in [0.25, 0.3) is 5.56 Å². The first kappa shape index (κ1) is 29.4. The van der Waals surface area contributed by atoms with Gasteiger partial charge >= 0.3 is 12.1 Å². The zero-order chi connectivity index (χ0) is 26.8. The average Bonchev–Trinajstić information content (AvgIpc) is 3.37. The number of H-pyrrole nitrogens is 1. The number of nitrogens with zero attached hydrogens (tertiary/aromatic N) is 3. The minimum absolute atomic E-state index is 0.0225. The van der Waals surface area contributed by atoms with Crippen LogP contribution in [-0.2, 0) is 9.53 Å². The van der Waals surface area contributed by atoms with Crippen molar-refractivity contribution >= 4 is 22.9 Å². The summed E-state index contributed by atoms with van der Waals surface area (Å²) in [5, 5.41) is 24.7. The van der Waals surface area contributed by atoms with Crippen LogP contribution in [0.15, 0.2) is 4.79 Å². The Morgan fingerprint density at radius 1 is 1.43 bits per heavy atom. The summed E-state index contributed by atoms with van der Waals surface area (Å²) in [6.45, 7) is 4.86. The number of hydrogen-bond donors (Lipinski definition) is 5. The number of anilines is 1. The molecule has 0 aromatic carbocycles. The lowest BCUT2D eigenvalue weighted by atomic mass is 10.2. The van der Waals surface area contributed by atoms with Crippen LogP contribution in [0.2, 0.25) is 0 Å². The van der Waals surface area contributed by atoms with Crippen LogP contribution in [0.3, 0.4) is 0 Å². The van der Waals surface area contributed by atoms with E-state index in [2.05, 4.69) is 32.8 Å². The largest absolute Gasteiger partial charge is 0.471 e. The number of nitrogens with two attached hydrogens (primary N) is 1. The van der Waals surface area contributed by atoms with Crippen LogP contribution in [0.5, 0.6) is 0 Å². The van der Waals surface area contributed by atoms with Gasteiger partial charge in [0.05, 0.1) is 19.3 Å². The molecule has 1 aliphatic heterocycles. The molecule has 6 N–H and O–H groups in total. The van der Waals surface area contributed by atoms with E-state index < -0.39 is 49.2 Å². The number of aromatic amines is 1. The maximum Gasteiger partial charge on any atom is 0.471 e. The Labute approximate surface area is 198 Å². The number of hydrogen-bond acceptors (Lipinski definition) is 8. The van der Waals surface area contributed by atoms with Gasteiger partial charge in [-0.2, -0.15) is 23.3 Å². The van der Waals surface area contributed by atoms with Crippen LogP contribution >= 0.6 is 0 Å². The Kier molecular flexibility index (Phi) is 11.2. The van der Waals surface area contributed by atoms with Crippen molar-refractivity contribution in [1.29, 1.82) is 0 Å². The number of nitrogens with one attached hydrogen (secondary N) is 2. The third-order valence-corrected chi connectivity index (χ3v) is 4.24. The molecule has 1 amide bonds. The highest BCUT2D eigenvalue weighted by atomic mass is 19.4. The SMILES string of the molecule is C#CCC.CC.Nc1nc2c(c(C#CCNC(=O)C(F)(F)F)nn2C2CC(O)C(CO)O2)c(=O)[nH]1. The van der Waals surface area contributed by atoms with Gasteiger partial charge in [-0.1, -0.05) is 26.7 Å². The van der Waals surface area contributed by atoms with Gasteiger partial charge in [0.15, 0.2) is 17.6 Å². The van der Waals surface area contributed by atoms with E-state index in [0.717, 1.165) is 11.1 Å². The lowest BCUT2D eigenvalue weighted by Gasteiger charge is -2.12. The standard InChI is InChI=1S/C15H15F3N6O5.C4H6.C2H6/c16-15(17,18)13(28)20-3-1-2-6-10-11(21-14(19)22-12(10)27)24(23-6)9-4-7(26)8(5-25)29-9;1-3-4-2;1-2/h7-9,25-26H,3-5H2,(H,20,28)(H3,19,21,22,27);1H,4H2,2H3;1-2H3. The van der Waals surface area contributed by atoms with Gasteiger partial charge in [0.1, 0.15) is 11.5 Å². The molecule has 1 fully saturated rings. The van der Waals surface area contributed by atoms with E-state index in [1.54, 1.807) is 5.32 Å². The zero-order valence-corrected chi connectivity index (χ0v) is 19.3. The van der Waals surface area contributed by atoms with Gasteiger partial charge in [-0.15, -0.1) is 12.3 Å². The van der Waals surface area contributed by atoms with Gasteiger partial charge in [0.2, 0.25) is 5.95 Å². The summed E-state index contributed by atoms with van der Waals surface area (Å²) in [5.74, 6) is 4.73. The topological polar surface area (TPSA) is 168 Å². The molecule has 0 radical (unpaired) electrons. The van der Waals surface area contributed by atoms with E-state index in [9.17, 15) is 33.0 Å². The molecule has 3 heterocycles. The number of halogens is 3. The summed E-state index contributed by atoms with van der Waals surface area (Å²) in [4.78, 5) is 29.3. The molecule has 3 unspecified atom stereocenters. The molecular formula is C21H27F3N6O5. The minimum atomic E-state index is -5.04. The first-order valence-corrected chi connectivity index (χ1v) is 10.5. The third-order valence-electron chi connectivity index (χ3n) is 4.24. The summed E-state index contributed by atoms with van der Waals surface area (Å²) >= 11 is 0. The molecule has 0 spiro atoms. The Balaban J connectivity index is 0.000000926. The highest BCUT2D eigenvalue weighted by molar-refractivity contribution is 5.82. The molecule has 0 bridgehead atoms. The highest BCUT2D eigenvalue weighted by Gasteiger charge is 2.38. The molecule has 3 rings (SSSR count). The fourth-order valence-corrected chi connectivity index (χ4v) is 2.73. The Morgan fingerprint density at radius 2 is 2.06 bits per heavy atom. The van der Waals surface area contributed by atoms with Crippen molar-refractivity contribution in [2.75, 3.05) is 18.9 Å². The summed E-state index contributed by atoms with van der Waals surface area (Å²) in [6, 6.07) is 0. The molecule has 2 aromatic rings. The van der Waals surface area contributed by atoms with Crippen LogP contribution in [0.25, 0.3) is 11.0 Å². The number of ether oxygens (including phenoxy) is 1. The van der Waals surface area contributed by atoms with Crippen molar-refractivity contribution in [1.82, 2.24) is 25.1 Å². The number of nitrogen functional groups attached to an aromatic ring is 1. The molecule has 35 heavy (non-hydrogen) atoms. The second-order valence-corrected chi connectivity index (χ2v) is 6.60. The van der Waals surface area contributed by atoms with Crippen LogP contribution in [0.1, 0.15) is 45.5 Å². The average molecular weight is 500 g/mol. The normalized spacial score (nSPS) is 18.8. The summed E-state index contributed by atoms with van der Waals surface area (Å²) < 4.78 is 43.2. The predicted molar refractivity (Wildman–Crippen MR) is 121 cm³/mol. The Morgan fingerprint density at radius 3 is 2.57 bits per heavy atom. The van der Waals surface area contributed by atoms with Crippen LogP contribution in [-0.4, -0.2) is 67.4 Å². The smallest absolute Gasteiger partial charge is 0.394 e. The number of terminal acetylenes is 1. The molecule has 3 atom stereocenters. The quantitative estimate of drug-likeness (QED) is 0.378. The van der Waals surface area contributed by atoms with E-state index in [1.807, 2.05) is 20.8 Å². The number of amides is 1. The van der Waals surface area contributed by atoms with Crippen molar-refractivity contribution in [2.45, 2.75) is 58.2 Å². The summed E-state index contributed by atoms with van der Waals surface area (Å²) in [6.07, 6.45) is -2.14. The van der Waals surface area contributed by atoms with E-state index in [1.165, 1.54) is 0 Å². The number of aromatic nitrogens is 4. The third kappa shape index (κ3) is 7.71. The summed E-state index contributed by atoms with van der Waals surface area (Å²) in [7, 11) is 0. The van der Waals surface area contributed by atoms with Gasteiger partial charge < -0.3 is 26.0 Å². The van der Waals surface area contributed by atoms with Crippen LogP contribution in [0.4, 0.5) is 19.1 Å². The summed E-state index contributed by atoms with van der Waals surface area (Å²) in [5.41, 5.74) is 4.69. The predicted octanol–water partition coefficient (Wildman–Crippen LogP) is 0.428. The monoisotopic (exact) mass is 500 g/mol. The van der Waals surface area contributed by atoms with Crippen LogP contribution in [0, 0.1) is 24.2 Å². The number of carbonyl (C=O) groups excluding carboxylic acids is 1. The second kappa shape index (κ2) is 13.3. The zero-order valence-electron chi connectivity index (χ0n) is 19.3. The van der Waals surface area contributed by atoms with Gasteiger partial charge in [0, 0.05) is 12.8 Å². The van der Waals surface area contributed by atoms with Gasteiger partial charge in [-0.05, 0) is 5.92 Å². The van der Waals surface area contributed by atoms with Crippen molar-refractivity contribution in [2.24, 2.45) is 0 Å². The van der Waals surface area contributed by atoms with Crippen molar-refractivity contribution in [3.05, 3.63) is 16.0 Å². The highest BCUT2D eigenvalue weighted by Crippen LogP contribution is 2.30. The first-order chi connectivity index (χ1) is 16.5. The Bertz CT molecular complexity index is 1160. The minimum Gasteiger partial charge on any atom is -0.394 e. The maximum absolute atomic E-state index is 12.3. The number of rotatable bonds is 3. The maximum atomic E-state index is 12.3. The number of aliphatic hydroxyl groups excluding tert-OH is 2. The van der Waals surface area contributed by atoms with Gasteiger partial charge in [-0.3, -0.25) is 14.6 Å². The molecule has 2 aromatic heterocycles. The molecule has 11 nitrogen and oxygen atoms in total. The molecule has 192 valence electrons. The molecular weight excluding hydrogens is 473 g/mol. The molecule has 1 saturated heterocycles. The van der Waals surface area contributed by atoms with E-state index >= 15 is 0 Å². The van der Waals surface area contributed by atoms with Crippen molar-refractivity contribution in [3.8, 4) is 24.2 Å².